The van der Waals surface area contributed by atoms with Gasteiger partial charge in [0, 0.05) is 18.6 Å². The molecule has 0 aliphatic carbocycles. The van der Waals surface area contributed by atoms with Gasteiger partial charge < -0.3 is 9.67 Å². The fourth-order valence-electron chi connectivity index (χ4n) is 2.23. The highest BCUT2D eigenvalue weighted by molar-refractivity contribution is 6.03. The summed E-state index contributed by atoms with van der Waals surface area (Å²) in [4.78, 5) is 4.22. The van der Waals surface area contributed by atoms with Gasteiger partial charge in [0.25, 0.3) is 0 Å². The molecule has 0 aliphatic rings. The molecule has 20 heavy (non-hydrogen) atoms. The molecule has 3 rings (SSSR count). The van der Waals surface area contributed by atoms with Gasteiger partial charge in [-0.3, -0.25) is 4.99 Å². The zero-order valence-corrected chi connectivity index (χ0v) is 10.9. The standard InChI is InChI=1S/C16H13FN2O/c1-19-15-8-3-2-7-13(15)14(16(19)20)10-18-12-6-4-5-11(17)9-12/h2-10,20H,1H3. The van der Waals surface area contributed by atoms with Crippen LogP contribution in [-0.2, 0) is 7.05 Å². The summed E-state index contributed by atoms with van der Waals surface area (Å²) in [7, 11) is 1.79. The summed E-state index contributed by atoms with van der Waals surface area (Å²) in [6.45, 7) is 0. The average molecular weight is 268 g/mol. The second-order valence-corrected chi connectivity index (χ2v) is 4.55. The van der Waals surface area contributed by atoms with Gasteiger partial charge in [0.05, 0.1) is 16.8 Å². The molecule has 4 heteroatoms. The first-order valence-electron chi connectivity index (χ1n) is 6.23. The van der Waals surface area contributed by atoms with Gasteiger partial charge in [0.1, 0.15) is 5.82 Å². The first-order valence-corrected chi connectivity index (χ1v) is 6.23. The lowest BCUT2D eigenvalue weighted by Crippen LogP contribution is -1.86. The minimum absolute atomic E-state index is 0.145. The summed E-state index contributed by atoms with van der Waals surface area (Å²) in [6.07, 6.45) is 1.56. The number of aliphatic imine (C=N–C) groups is 1. The van der Waals surface area contributed by atoms with Crippen molar-refractivity contribution >= 4 is 22.8 Å². The molecule has 100 valence electrons. The fraction of sp³-hybridized carbons (Fsp3) is 0.0625. The molecule has 0 fully saturated rings. The van der Waals surface area contributed by atoms with E-state index in [0.29, 0.717) is 11.3 Å². The van der Waals surface area contributed by atoms with Crippen molar-refractivity contribution in [2.24, 2.45) is 12.0 Å². The maximum absolute atomic E-state index is 13.1. The summed E-state index contributed by atoms with van der Waals surface area (Å²) in [5.41, 5.74) is 2.07. The van der Waals surface area contributed by atoms with Crippen molar-refractivity contribution in [3.8, 4) is 5.88 Å². The minimum Gasteiger partial charge on any atom is -0.494 e. The lowest BCUT2D eigenvalue weighted by Gasteiger charge is -1.96. The zero-order chi connectivity index (χ0) is 14.1. The van der Waals surface area contributed by atoms with Gasteiger partial charge in [0.15, 0.2) is 0 Å². The van der Waals surface area contributed by atoms with Gasteiger partial charge >= 0.3 is 0 Å². The van der Waals surface area contributed by atoms with E-state index in [9.17, 15) is 9.50 Å². The molecule has 0 atom stereocenters. The molecule has 0 amide bonds. The largest absolute Gasteiger partial charge is 0.494 e. The highest BCUT2D eigenvalue weighted by Gasteiger charge is 2.11. The quantitative estimate of drug-likeness (QED) is 0.706. The lowest BCUT2D eigenvalue weighted by atomic mass is 10.2. The van der Waals surface area contributed by atoms with Crippen LogP contribution in [0.4, 0.5) is 10.1 Å². The number of para-hydroxylation sites is 1. The van der Waals surface area contributed by atoms with Crippen molar-refractivity contribution in [2.45, 2.75) is 0 Å². The highest BCUT2D eigenvalue weighted by Crippen LogP contribution is 2.29. The Balaban J connectivity index is 2.09. The van der Waals surface area contributed by atoms with Crippen LogP contribution in [0.15, 0.2) is 53.5 Å². The first kappa shape index (κ1) is 12.4. The normalized spacial score (nSPS) is 11.5. The second-order valence-electron chi connectivity index (χ2n) is 4.55. The number of hydrogen-bond acceptors (Lipinski definition) is 2. The Morgan fingerprint density at radius 2 is 1.95 bits per heavy atom. The monoisotopic (exact) mass is 268 g/mol. The maximum atomic E-state index is 13.1. The average Bonchev–Trinajstić information content (AvgIpc) is 2.70. The summed E-state index contributed by atoms with van der Waals surface area (Å²) < 4.78 is 14.8. The van der Waals surface area contributed by atoms with Crippen LogP contribution in [0, 0.1) is 5.82 Å². The van der Waals surface area contributed by atoms with Gasteiger partial charge in [-0.2, -0.15) is 0 Å². The number of aromatic nitrogens is 1. The van der Waals surface area contributed by atoms with Crippen LogP contribution in [0.1, 0.15) is 5.56 Å². The number of nitrogens with zero attached hydrogens (tertiary/aromatic N) is 2. The molecular formula is C16H13FN2O. The van der Waals surface area contributed by atoms with Gasteiger partial charge in [-0.1, -0.05) is 24.3 Å². The van der Waals surface area contributed by atoms with Crippen molar-refractivity contribution in [2.75, 3.05) is 0 Å². The predicted octanol–water partition coefficient (Wildman–Crippen LogP) is 3.77. The lowest BCUT2D eigenvalue weighted by molar-refractivity contribution is 0.434. The number of rotatable bonds is 2. The number of aryl methyl sites for hydroxylation is 1. The van der Waals surface area contributed by atoms with Crippen molar-refractivity contribution in [3.05, 3.63) is 59.9 Å². The maximum Gasteiger partial charge on any atom is 0.200 e. The Kier molecular flexibility index (Phi) is 2.99. The van der Waals surface area contributed by atoms with Crippen molar-refractivity contribution in [3.63, 3.8) is 0 Å². The number of fused-ring (bicyclic) bond motifs is 1. The van der Waals surface area contributed by atoms with Crippen LogP contribution in [0.2, 0.25) is 0 Å². The van der Waals surface area contributed by atoms with Crippen LogP contribution in [0.25, 0.3) is 10.9 Å². The number of benzene rings is 2. The van der Waals surface area contributed by atoms with E-state index in [-0.39, 0.29) is 11.7 Å². The Morgan fingerprint density at radius 1 is 1.15 bits per heavy atom. The Bertz CT molecular complexity index is 805. The SMILES string of the molecule is Cn1c(O)c(C=Nc2cccc(F)c2)c2ccccc21. The molecule has 0 radical (unpaired) electrons. The van der Waals surface area contributed by atoms with Crippen LogP contribution in [0.3, 0.4) is 0 Å². The molecule has 1 heterocycles. The van der Waals surface area contributed by atoms with E-state index in [0.717, 1.165) is 10.9 Å². The van der Waals surface area contributed by atoms with Crippen LogP contribution >= 0.6 is 0 Å². The van der Waals surface area contributed by atoms with Crippen molar-refractivity contribution < 1.29 is 9.50 Å². The fourth-order valence-corrected chi connectivity index (χ4v) is 2.23. The Labute approximate surface area is 115 Å². The molecule has 2 aromatic carbocycles. The van der Waals surface area contributed by atoms with E-state index in [1.807, 2.05) is 24.3 Å². The van der Waals surface area contributed by atoms with Crippen LogP contribution < -0.4 is 0 Å². The third-order valence-electron chi connectivity index (χ3n) is 3.27. The van der Waals surface area contributed by atoms with Gasteiger partial charge in [-0.15, -0.1) is 0 Å². The smallest absolute Gasteiger partial charge is 0.200 e. The summed E-state index contributed by atoms with van der Waals surface area (Å²) >= 11 is 0. The van der Waals surface area contributed by atoms with Crippen LogP contribution in [0.5, 0.6) is 5.88 Å². The molecule has 0 aliphatic heterocycles. The molecule has 3 nitrogen and oxygen atoms in total. The van der Waals surface area contributed by atoms with E-state index in [4.69, 9.17) is 0 Å². The first-order chi connectivity index (χ1) is 9.66. The van der Waals surface area contributed by atoms with E-state index in [1.54, 1.807) is 30.0 Å². The molecular weight excluding hydrogens is 255 g/mol. The Morgan fingerprint density at radius 3 is 2.75 bits per heavy atom. The zero-order valence-electron chi connectivity index (χ0n) is 10.9. The van der Waals surface area contributed by atoms with Gasteiger partial charge in [-0.25, -0.2) is 4.39 Å². The van der Waals surface area contributed by atoms with Crippen molar-refractivity contribution in [1.82, 2.24) is 4.57 Å². The number of hydrogen-bond donors (Lipinski definition) is 1. The predicted molar refractivity (Wildman–Crippen MR) is 78.2 cm³/mol. The molecule has 0 unspecified atom stereocenters. The number of aromatic hydroxyl groups is 1. The topological polar surface area (TPSA) is 37.5 Å². The van der Waals surface area contributed by atoms with E-state index in [2.05, 4.69) is 4.99 Å². The summed E-state index contributed by atoms with van der Waals surface area (Å²) in [5.74, 6) is -0.187. The molecule has 3 aromatic rings. The number of halogens is 1. The van der Waals surface area contributed by atoms with Gasteiger partial charge in [-0.05, 0) is 24.3 Å². The van der Waals surface area contributed by atoms with E-state index in [1.165, 1.54) is 12.1 Å². The van der Waals surface area contributed by atoms with E-state index < -0.39 is 0 Å². The van der Waals surface area contributed by atoms with Gasteiger partial charge in [0.2, 0.25) is 5.88 Å². The second kappa shape index (κ2) is 4.81. The molecule has 0 spiro atoms. The summed E-state index contributed by atoms with van der Waals surface area (Å²) in [6, 6.07) is 13.7. The summed E-state index contributed by atoms with van der Waals surface area (Å²) in [5, 5.41) is 11.1. The molecule has 0 saturated heterocycles. The Hall–Kier alpha value is -2.62. The van der Waals surface area contributed by atoms with Crippen LogP contribution in [-0.4, -0.2) is 15.9 Å². The molecule has 1 N–H and O–H groups in total. The molecule has 0 saturated carbocycles. The van der Waals surface area contributed by atoms with E-state index >= 15 is 0 Å². The van der Waals surface area contributed by atoms with Crippen molar-refractivity contribution in [1.29, 1.82) is 0 Å². The minimum atomic E-state index is -0.332. The molecule has 0 bridgehead atoms. The molecule has 1 aromatic heterocycles. The highest BCUT2D eigenvalue weighted by atomic mass is 19.1. The third kappa shape index (κ3) is 2.05. The third-order valence-corrected chi connectivity index (χ3v) is 3.27.